The molecule has 7 nitrogen and oxygen atoms in total. The molecule has 0 N–H and O–H groups in total. The van der Waals surface area contributed by atoms with Crippen molar-refractivity contribution in [3.63, 3.8) is 0 Å². The van der Waals surface area contributed by atoms with Crippen molar-refractivity contribution in [2.24, 2.45) is 0 Å². The first-order chi connectivity index (χ1) is 15.3. The molecule has 0 saturated carbocycles. The quantitative estimate of drug-likeness (QED) is 0.503. The fraction of sp³-hybridized carbons (Fsp3) is 0.333. The molecule has 0 bridgehead atoms. The molecule has 0 atom stereocenters. The zero-order chi connectivity index (χ0) is 20.8. The summed E-state index contributed by atoms with van der Waals surface area (Å²) in [4.78, 5) is 9.52. The number of morpholine rings is 2. The van der Waals surface area contributed by atoms with Crippen molar-refractivity contribution in [3.05, 3.63) is 48.0 Å². The Kier molecular flexibility index (Phi) is 4.41. The van der Waals surface area contributed by atoms with E-state index in [-0.39, 0.29) is 0 Å². The summed E-state index contributed by atoms with van der Waals surface area (Å²) >= 11 is 0. The van der Waals surface area contributed by atoms with Gasteiger partial charge >= 0.3 is 0 Å². The third kappa shape index (κ3) is 2.91. The second-order valence-electron chi connectivity index (χ2n) is 8.00. The van der Waals surface area contributed by atoms with Gasteiger partial charge in [-0.05, 0) is 30.3 Å². The first-order valence-electron chi connectivity index (χ1n) is 10.8. The van der Waals surface area contributed by atoms with E-state index >= 15 is 0 Å². The fourth-order valence-electron chi connectivity index (χ4n) is 4.82. The molecule has 0 spiro atoms. The Morgan fingerprint density at radius 3 is 2.29 bits per heavy atom. The summed E-state index contributed by atoms with van der Waals surface area (Å²) in [7, 11) is 0. The van der Waals surface area contributed by atoms with E-state index in [1.165, 1.54) is 5.69 Å². The van der Waals surface area contributed by atoms with Crippen LogP contribution in [0.5, 0.6) is 0 Å². The summed E-state index contributed by atoms with van der Waals surface area (Å²) in [5.41, 5.74) is 6.49. The summed E-state index contributed by atoms with van der Waals surface area (Å²) in [6.07, 6.45) is 0. The van der Waals surface area contributed by atoms with E-state index in [0.29, 0.717) is 18.8 Å². The lowest BCUT2D eigenvalue weighted by Crippen LogP contribution is -2.37. The number of hydrogen-bond donors (Lipinski definition) is 0. The SMILES string of the molecule is N#Cc1c(N2CCOCC2)c2ccc(N3CCOCC3)cc2n2c1nc1ccccc12. The Hall–Kier alpha value is -3.34. The lowest BCUT2D eigenvalue weighted by Gasteiger charge is -2.32. The third-order valence-electron chi connectivity index (χ3n) is 6.31. The number of para-hydroxylation sites is 2. The lowest BCUT2D eigenvalue weighted by atomic mass is 10.1. The Labute approximate surface area is 180 Å². The highest BCUT2D eigenvalue weighted by Crippen LogP contribution is 2.38. The van der Waals surface area contributed by atoms with Crippen LogP contribution >= 0.6 is 0 Å². The Bertz CT molecular complexity index is 1330. The van der Waals surface area contributed by atoms with E-state index < -0.39 is 0 Å². The largest absolute Gasteiger partial charge is 0.378 e. The summed E-state index contributed by atoms with van der Waals surface area (Å²) in [6.45, 7) is 6.12. The minimum Gasteiger partial charge on any atom is -0.378 e. The van der Waals surface area contributed by atoms with Crippen molar-refractivity contribution in [1.29, 1.82) is 5.26 Å². The van der Waals surface area contributed by atoms with E-state index in [1.807, 2.05) is 18.2 Å². The van der Waals surface area contributed by atoms with Crippen molar-refractivity contribution < 1.29 is 9.47 Å². The first kappa shape index (κ1) is 18.4. The van der Waals surface area contributed by atoms with Gasteiger partial charge in [-0.1, -0.05) is 12.1 Å². The van der Waals surface area contributed by atoms with Crippen molar-refractivity contribution in [2.75, 3.05) is 62.4 Å². The van der Waals surface area contributed by atoms with Crippen LogP contribution in [0.1, 0.15) is 5.56 Å². The Balaban J connectivity index is 1.70. The molecule has 31 heavy (non-hydrogen) atoms. The molecular formula is C24H23N5O2. The number of ether oxygens (including phenoxy) is 2. The Morgan fingerprint density at radius 2 is 1.55 bits per heavy atom. The predicted molar refractivity (Wildman–Crippen MR) is 121 cm³/mol. The molecule has 4 heterocycles. The van der Waals surface area contributed by atoms with Crippen molar-refractivity contribution in [1.82, 2.24) is 9.38 Å². The number of nitrogens with zero attached hydrogens (tertiary/aromatic N) is 5. The number of pyridine rings is 1. The molecule has 2 aromatic carbocycles. The van der Waals surface area contributed by atoms with Crippen LogP contribution in [0.25, 0.3) is 27.6 Å². The first-order valence-corrected chi connectivity index (χ1v) is 10.8. The van der Waals surface area contributed by atoms with Gasteiger partial charge in [0.2, 0.25) is 0 Å². The number of anilines is 2. The minimum atomic E-state index is 0.629. The van der Waals surface area contributed by atoms with E-state index in [9.17, 15) is 5.26 Å². The lowest BCUT2D eigenvalue weighted by molar-refractivity contribution is 0.122. The Morgan fingerprint density at radius 1 is 0.839 bits per heavy atom. The third-order valence-corrected chi connectivity index (χ3v) is 6.31. The van der Waals surface area contributed by atoms with Crippen LogP contribution in [-0.2, 0) is 9.47 Å². The van der Waals surface area contributed by atoms with E-state index in [0.717, 1.165) is 72.7 Å². The topological polar surface area (TPSA) is 66.0 Å². The number of imidazole rings is 1. The maximum absolute atomic E-state index is 10.2. The molecule has 0 aliphatic carbocycles. The molecule has 0 unspecified atom stereocenters. The number of nitriles is 1. The maximum Gasteiger partial charge on any atom is 0.158 e. The molecule has 2 saturated heterocycles. The number of aromatic nitrogens is 2. The molecule has 6 rings (SSSR count). The van der Waals surface area contributed by atoms with Gasteiger partial charge in [0.25, 0.3) is 0 Å². The van der Waals surface area contributed by atoms with Gasteiger partial charge in [0.1, 0.15) is 11.6 Å². The van der Waals surface area contributed by atoms with Crippen LogP contribution in [0, 0.1) is 11.3 Å². The molecule has 4 aromatic rings. The second kappa shape index (κ2) is 7.41. The maximum atomic E-state index is 10.2. The van der Waals surface area contributed by atoms with Crippen molar-refractivity contribution in [3.8, 4) is 6.07 Å². The molecule has 0 amide bonds. The summed E-state index contributed by atoms with van der Waals surface area (Å²) in [6, 6.07) is 17.2. The van der Waals surface area contributed by atoms with Crippen LogP contribution in [0.4, 0.5) is 11.4 Å². The number of rotatable bonds is 2. The van der Waals surface area contributed by atoms with Crippen LogP contribution in [0.3, 0.4) is 0 Å². The van der Waals surface area contributed by atoms with Gasteiger partial charge in [0, 0.05) is 37.3 Å². The second-order valence-corrected chi connectivity index (χ2v) is 8.00. The summed E-state index contributed by atoms with van der Waals surface area (Å²) < 4.78 is 13.3. The van der Waals surface area contributed by atoms with Gasteiger partial charge < -0.3 is 19.3 Å². The molecule has 2 fully saturated rings. The molecular weight excluding hydrogens is 390 g/mol. The summed E-state index contributed by atoms with van der Waals surface area (Å²) in [5.74, 6) is 0. The molecule has 2 aliphatic heterocycles. The average Bonchev–Trinajstić information content (AvgIpc) is 3.23. The van der Waals surface area contributed by atoms with Crippen LogP contribution in [-0.4, -0.2) is 62.0 Å². The van der Waals surface area contributed by atoms with E-state index in [2.05, 4.69) is 44.5 Å². The number of fused-ring (bicyclic) bond motifs is 5. The van der Waals surface area contributed by atoms with Gasteiger partial charge in [-0.25, -0.2) is 4.98 Å². The average molecular weight is 413 g/mol. The highest BCUT2D eigenvalue weighted by molar-refractivity contribution is 6.03. The van der Waals surface area contributed by atoms with E-state index in [1.54, 1.807) is 0 Å². The number of hydrogen-bond acceptors (Lipinski definition) is 6. The van der Waals surface area contributed by atoms with Gasteiger partial charge in [-0.2, -0.15) is 5.26 Å². The molecule has 156 valence electrons. The van der Waals surface area contributed by atoms with Gasteiger partial charge in [-0.15, -0.1) is 0 Å². The highest BCUT2D eigenvalue weighted by Gasteiger charge is 2.24. The zero-order valence-corrected chi connectivity index (χ0v) is 17.3. The normalized spacial score (nSPS) is 17.5. The van der Waals surface area contributed by atoms with Crippen molar-refractivity contribution >= 4 is 39.0 Å². The smallest absolute Gasteiger partial charge is 0.158 e. The van der Waals surface area contributed by atoms with Gasteiger partial charge in [0.15, 0.2) is 5.65 Å². The van der Waals surface area contributed by atoms with Gasteiger partial charge in [0.05, 0.1) is 48.7 Å². The van der Waals surface area contributed by atoms with Crippen LogP contribution < -0.4 is 9.80 Å². The zero-order valence-electron chi connectivity index (χ0n) is 17.3. The minimum absolute atomic E-state index is 0.629. The van der Waals surface area contributed by atoms with Crippen LogP contribution in [0.2, 0.25) is 0 Å². The standard InChI is InChI=1S/C24H23N5O2/c25-16-19-23(28-9-13-31-14-10-28)18-6-5-17(27-7-11-30-12-8-27)15-22(18)29-21-4-2-1-3-20(21)26-24(19)29/h1-6,15H,7-14H2. The van der Waals surface area contributed by atoms with E-state index in [4.69, 9.17) is 14.5 Å². The fourth-order valence-corrected chi connectivity index (χ4v) is 4.82. The molecule has 2 aromatic heterocycles. The molecule has 7 heteroatoms. The molecule has 0 radical (unpaired) electrons. The van der Waals surface area contributed by atoms with Gasteiger partial charge in [-0.3, -0.25) is 4.40 Å². The monoisotopic (exact) mass is 413 g/mol. The highest BCUT2D eigenvalue weighted by atomic mass is 16.5. The number of benzene rings is 2. The predicted octanol–water partition coefficient (Wildman–Crippen LogP) is 3.19. The van der Waals surface area contributed by atoms with Crippen molar-refractivity contribution in [2.45, 2.75) is 0 Å². The molecule has 2 aliphatic rings. The van der Waals surface area contributed by atoms with Crippen LogP contribution in [0.15, 0.2) is 42.5 Å². The summed E-state index contributed by atoms with van der Waals surface area (Å²) in [5, 5.41) is 11.3.